The van der Waals surface area contributed by atoms with Crippen molar-refractivity contribution >= 4 is 23.2 Å². The summed E-state index contributed by atoms with van der Waals surface area (Å²) in [5.41, 5.74) is 6.15. The fraction of sp³-hybridized carbons (Fsp3) is 0.667. The molecule has 1 aromatic rings. The first kappa shape index (κ1) is 18.6. The van der Waals surface area contributed by atoms with Gasteiger partial charge in [-0.3, -0.25) is 9.59 Å². The molecule has 0 radical (unpaired) electrons. The fourth-order valence-electron chi connectivity index (χ4n) is 1.84. The summed E-state index contributed by atoms with van der Waals surface area (Å²) in [4.78, 5) is 28.3. The van der Waals surface area contributed by atoms with E-state index in [1.54, 1.807) is 0 Å². The maximum atomic E-state index is 12.1. The zero-order chi connectivity index (χ0) is 16.9. The monoisotopic (exact) mass is 326 g/mol. The predicted molar refractivity (Wildman–Crippen MR) is 88.5 cm³/mol. The van der Waals surface area contributed by atoms with E-state index < -0.39 is 11.6 Å². The van der Waals surface area contributed by atoms with Gasteiger partial charge in [-0.1, -0.05) is 20.8 Å². The number of hydrogen-bond donors (Lipinski definition) is 3. The Morgan fingerprint density at radius 3 is 2.55 bits per heavy atom. The van der Waals surface area contributed by atoms with E-state index >= 15 is 0 Å². The van der Waals surface area contributed by atoms with Crippen LogP contribution in [0.15, 0.2) is 5.38 Å². The smallest absolute Gasteiger partial charge is 0.240 e. The third kappa shape index (κ3) is 4.78. The number of thiazole rings is 1. The van der Waals surface area contributed by atoms with Gasteiger partial charge in [0.15, 0.2) is 0 Å². The first-order valence-corrected chi connectivity index (χ1v) is 8.34. The van der Waals surface area contributed by atoms with Crippen LogP contribution in [0.1, 0.15) is 44.8 Å². The Balaban J connectivity index is 2.61. The number of carbonyl (C=O) groups excluding carboxylic acids is 2. The van der Waals surface area contributed by atoms with Crippen molar-refractivity contribution < 1.29 is 9.59 Å². The zero-order valence-electron chi connectivity index (χ0n) is 13.9. The van der Waals surface area contributed by atoms with Crippen LogP contribution in [0.3, 0.4) is 0 Å². The lowest BCUT2D eigenvalue weighted by atomic mass is 10.00. The predicted octanol–water partition coefficient (Wildman–Crippen LogP) is 1.29. The van der Waals surface area contributed by atoms with E-state index in [-0.39, 0.29) is 24.3 Å². The Labute approximate surface area is 135 Å². The first-order valence-electron chi connectivity index (χ1n) is 7.46. The number of nitrogens with two attached hydrogens (primary N) is 1. The van der Waals surface area contributed by atoms with Gasteiger partial charge in [-0.25, -0.2) is 4.98 Å². The SMILES string of the molecule is CCC(C)(NC(=O)CNC(=O)[C@@H](N)C(C)C)c1nc(C)cs1. The summed E-state index contributed by atoms with van der Waals surface area (Å²) in [6.07, 6.45) is 0.713. The van der Waals surface area contributed by atoms with Crippen LogP contribution < -0.4 is 16.4 Å². The van der Waals surface area contributed by atoms with E-state index in [0.29, 0.717) is 6.42 Å². The van der Waals surface area contributed by atoms with Gasteiger partial charge in [0.25, 0.3) is 0 Å². The number of nitrogens with zero attached hydrogens (tertiary/aromatic N) is 1. The number of carbonyl (C=O) groups is 2. The zero-order valence-corrected chi connectivity index (χ0v) is 14.7. The topological polar surface area (TPSA) is 97.1 Å². The van der Waals surface area contributed by atoms with Crippen molar-refractivity contribution in [1.82, 2.24) is 15.6 Å². The fourth-order valence-corrected chi connectivity index (χ4v) is 2.83. The second-order valence-electron chi connectivity index (χ2n) is 6.02. The van der Waals surface area contributed by atoms with E-state index in [1.165, 1.54) is 11.3 Å². The molecule has 6 nitrogen and oxygen atoms in total. The second kappa shape index (κ2) is 7.69. The summed E-state index contributed by atoms with van der Waals surface area (Å²) in [6, 6.07) is -0.605. The van der Waals surface area contributed by atoms with Crippen molar-refractivity contribution in [3.63, 3.8) is 0 Å². The molecule has 0 spiro atoms. The van der Waals surface area contributed by atoms with Gasteiger partial charge in [0.05, 0.1) is 18.1 Å². The molecule has 2 amide bonds. The molecule has 1 rings (SSSR count). The molecule has 7 heteroatoms. The summed E-state index contributed by atoms with van der Waals surface area (Å²) in [5.74, 6) is -0.530. The minimum Gasteiger partial charge on any atom is -0.346 e. The lowest BCUT2D eigenvalue weighted by molar-refractivity contribution is -0.128. The quantitative estimate of drug-likeness (QED) is 0.703. The molecule has 0 saturated heterocycles. The van der Waals surface area contributed by atoms with Gasteiger partial charge in [-0.2, -0.15) is 0 Å². The highest BCUT2D eigenvalue weighted by molar-refractivity contribution is 7.09. The third-order valence-corrected chi connectivity index (χ3v) is 4.88. The maximum absolute atomic E-state index is 12.1. The van der Waals surface area contributed by atoms with Gasteiger partial charge in [0.2, 0.25) is 11.8 Å². The van der Waals surface area contributed by atoms with E-state index in [9.17, 15) is 9.59 Å². The van der Waals surface area contributed by atoms with Gasteiger partial charge in [-0.15, -0.1) is 11.3 Å². The van der Waals surface area contributed by atoms with E-state index in [1.807, 2.05) is 40.0 Å². The molecule has 0 aliphatic carbocycles. The molecule has 0 bridgehead atoms. The van der Waals surface area contributed by atoms with Crippen LogP contribution in [0, 0.1) is 12.8 Å². The van der Waals surface area contributed by atoms with Crippen molar-refractivity contribution in [3.05, 3.63) is 16.1 Å². The molecule has 0 aromatic carbocycles. The van der Waals surface area contributed by atoms with Crippen molar-refractivity contribution in [3.8, 4) is 0 Å². The Bertz CT molecular complexity index is 529. The van der Waals surface area contributed by atoms with Gasteiger partial charge in [0, 0.05) is 11.1 Å². The minimum absolute atomic E-state index is 0.0299. The average Bonchev–Trinajstić information content (AvgIpc) is 2.90. The summed E-state index contributed by atoms with van der Waals surface area (Å²) < 4.78 is 0. The van der Waals surface area contributed by atoms with Crippen LogP contribution in [-0.2, 0) is 15.1 Å². The van der Waals surface area contributed by atoms with E-state index in [0.717, 1.165) is 10.7 Å². The summed E-state index contributed by atoms with van der Waals surface area (Å²) in [5, 5.41) is 8.35. The molecule has 124 valence electrons. The van der Waals surface area contributed by atoms with Gasteiger partial charge < -0.3 is 16.4 Å². The van der Waals surface area contributed by atoms with Crippen LogP contribution in [0.25, 0.3) is 0 Å². The maximum Gasteiger partial charge on any atom is 0.240 e. The molecule has 22 heavy (non-hydrogen) atoms. The number of rotatable bonds is 7. The molecule has 2 atom stereocenters. The summed E-state index contributed by atoms with van der Waals surface area (Å²) in [6.45, 7) is 9.49. The number of nitrogens with one attached hydrogen (secondary N) is 2. The molecule has 0 fully saturated rings. The van der Waals surface area contributed by atoms with Crippen molar-refractivity contribution in [1.29, 1.82) is 0 Å². The first-order chi connectivity index (χ1) is 10.2. The van der Waals surface area contributed by atoms with Crippen molar-refractivity contribution in [2.75, 3.05) is 6.54 Å². The van der Waals surface area contributed by atoms with Gasteiger partial charge in [-0.05, 0) is 26.2 Å². The summed E-state index contributed by atoms with van der Waals surface area (Å²) >= 11 is 1.52. The third-order valence-electron chi connectivity index (χ3n) is 3.66. The van der Waals surface area contributed by atoms with Crippen molar-refractivity contribution in [2.45, 2.75) is 52.6 Å². The highest BCUT2D eigenvalue weighted by Gasteiger charge is 2.30. The Morgan fingerprint density at radius 2 is 2.09 bits per heavy atom. The van der Waals surface area contributed by atoms with Crippen LogP contribution in [0.4, 0.5) is 0 Å². The minimum atomic E-state index is -0.605. The number of aryl methyl sites for hydroxylation is 1. The average molecular weight is 326 g/mol. The second-order valence-corrected chi connectivity index (χ2v) is 6.87. The van der Waals surface area contributed by atoms with E-state index in [2.05, 4.69) is 15.6 Å². The lowest BCUT2D eigenvalue weighted by Crippen LogP contribution is -2.50. The molecule has 1 unspecified atom stereocenters. The Kier molecular flexibility index (Phi) is 6.49. The highest BCUT2D eigenvalue weighted by Crippen LogP contribution is 2.27. The number of amides is 2. The van der Waals surface area contributed by atoms with Crippen molar-refractivity contribution in [2.24, 2.45) is 11.7 Å². The number of aromatic nitrogens is 1. The van der Waals surface area contributed by atoms with E-state index in [4.69, 9.17) is 5.73 Å². The number of hydrogen-bond acceptors (Lipinski definition) is 5. The molecular formula is C15H26N4O2S. The molecule has 0 aliphatic heterocycles. The summed E-state index contributed by atoms with van der Waals surface area (Å²) in [7, 11) is 0. The largest absolute Gasteiger partial charge is 0.346 e. The van der Waals surface area contributed by atoms with Gasteiger partial charge >= 0.3 is 0 Å². The standard InChI is InChI=1S/C15H26N4O2S/c1-6-15(5,14-18-10(4)8-22-14)19-11(20)7-17-13(21)12(16)9(2)3/h8-9,12H,6-7,16H2,1-5H3,(H,17,21)(H,19,20)/t12-,15?/m0/s1. The Morgan fingerprint density at radius 1 is 1.45 bits per heavy atom. The van der Waals surface area contributed by atoms with Crippen LogP contribution in [-0.4, -0.2) is 29.4 Å². The van der Waals surface area contributed by atoms with Gasteiger partial charge in [0.1, 0.15) is 5.01 Å². The normalized spacial score (nSPS) is 15.2. The highest BCUT2D eigenvalue weighted by atomic mass is 32.1. The molecule has 0 saturated carbocycles. The molecular weight excluding hydrogens is 300 g/mol. The molecule has 1 heterocycles. The molecule has 1 aromatic heterocycles. The lowest BCUT2D eigenvalue weighted by Gasteiger charge is -2.27. The van der Waals surface area contributed by atoms with Crippen LogP contribution in [0.5, 0.6) is 0 Å². The molecule has 0 aliphatic rings. The Hall–Kier alpha value is -1.47. The molecule has 4 N–H and O–H groups in total. The van der Waals surface area contributed by atoms with Crippen LogP contribution >= 0.6 is 11.3 Å². The van der Waals surface area contributed by atoms with Crippen LogP contribution in [0.2, 0.25) is 0 Å².